The fourth-order valence-electron chi connectivity index (χ4n) is 4.11. The summed E-state index contributed by atoms with van der Waals surface area (Å²) in [7, 11) is 3.42. The largest absolute Gasteiger partial charge is 0.465 e. The fourth-order valence-corrected chi connectivity index (χ4v) is 4.11. The minimum absolute atomic E-state index is 0.128. The Morgan fingerprint density at radius 1 is 1.19 bits per heavy atom. The molecule has 2 heterocycles. The van der Waals surface area contributed by atoms with Gasteiger partial charge < -0.3 is 30.3 Å². The molecule has 1 atom stereocenters. The van der Waals surface area contributed by atoms with Crippen molar-refractivity contribution in [3.05, 3.63) is 77.5 Å². The standard InChI is InChI=1S/C26H30N6O4/c1-30-13-14-32(24(33)21-16-28-25(27)29-23(21)30)20-10-6-7-18(15-20)17-36-22(11-12-31(2)26(34)35)19-8-4-3-5-9-19/h3-10,15-16,22H,11-14,17H2,1-2H3,(H,34,35)(H2,27,28,29). The lowest BCUT2D eigenvalue weighted by molar-refractivity contribution is 0.0288. The molecule has 0 aliphatic carbocycles. The van der Waals surface area contributed by atoms with Crippen molar-refractivity contribution in [2.75, 3.05) is 49.3 Å². The molecule has 188 valence electrons. The summed E-state index contributed by atoms with van der Waals surface area (Å²) >= 11 is 0. The number of likely N-dealkylation sites (N-methyl/N-ethyl adjacent to an activating group) is 1. The number of nitrogens with zero attached hydrogens (tertiary/aromatic N) is 5. The van der Waals surface area contributed by atoms with Crippen LogP contribution >= 0.6 is 0 Å². The average molecular weight is 491 g/mol. The number of amides is 2. The summed E-state index contributed by atoms with van der Waals surface area (Å²) in [6.45, 7) is 1.71. The molecule has 0 radical (unpaired) electrons. The number of fused-ring (bicyclic) bond motifs is 1. The number of nitrogens with two attached hydrogens (primary N) is 1. The lowest BCUT2D eigenvalue weighted by atomic mass is 10.1. The van der Waals surface area contributed by atoms with E-state index in [1.807, 2.05) is 66.5 Å². The Morgan fingerprint density at radius 2 is 1.97 bits per heavy atom. The van der Waals surface area contributed by atoms with E-state index in [9.17, 15) is 14.7 Å². The third kappa shape index (κ3) is 5.72. The van der Waals surface area contributed by atoms with Crippen LogP contribution < -0.4 is 15.5 Å². The molecule has 2 amide bonds. The SMILES string of the molecule is CN(CCC(OCc1cccc(N2CCN(C)c3nc(N)ncc3C2=O)c1)c1ccccc1)C(=O)O. The smallest absolute Gasteiger partial charge is 0.407 e. The van der Waals surface area contributed by atoms with E-state index < -0.39 is 6.09 Å². The first kappa shape index (κ1) is 24.9. The summed E-state index contributed by atoms with van der Waals surface area (Å²) in [6, 6.07) is 17.4. The van der Waals surface area contributed by atoms with Crippen molar-refractivity contribution in [3.63, 3.8) is 0 Å². The maximum atomic E-state index is 13.4. The second-order valence-electron chi connectivity index (χ2n) is 8.72. The van der Waals surface area contributed by atoms with Gasteiger partial charge in [0.15, 0.2) is 0 Å². The first-order chi connectivity index (χ1) is 17.3. The second-order valence-corrected chi connectivity index (χ2v) is 8.72. The number of anilines is 3. The van der Waals surface area contributed by atoms with Crippen LogP contribution in [0.25, 0.3) is 0 Å². The highest BCUT2D eigenvalue weighted by Gasteiger charge is 2.28. The molecule has 1 unspecified atom stereocenters. The Balaban J connectivity index is 1.51. The zero-order valence-corrected chi connectivity index (χ0v) is 20.4. The lowest BCUT2D eigenvalue weighted by Gasteiger charge is -2.23. The van der Waals surface area contributed by atoms with E-state index in [1.165, 1.54) is 11.1 Å². The van der Waals surface area contributed by atoms with Gasteiger partial charge in [-0.25, -0.2) is 9.78 Å². The number of benzene rings is 2. The van der Waals surface area contributed by atoms with Gasteiger partial charge in [0.05, 0.1) is 12.7 Å². The number of carboxylic acid groups (broad SMARTS) is 1. The molecule has 3 aromatic rings. The number of aromatic nitrogens is 2. The van der Waals surface area contributed by atoms with E-state index in [4.69, 9.17) is 10.5 Å². The molecule has 1 aliphatic heterocycles. The van der Waals surface area contributed by atoms with Gasteiger partial charge in [-0.1, -0.05) is 42.5 Å². The third-order valence-corrected chi connectivity index (χ3v) is 6.18. The molecule has 36 heavy (non-hydrogen) atoms. The van der Waals surface area contributed by atoms with Crippen molar-refractivity contribution < 1.29 is 19.4 Å². The van der Waals surface area contributed by atoms with Gasteiger partial charge in [-0.3, -0.25) is 4.79 Å². The van der Waals surface area contributed by atoms with E-state index in [1.54, 1.807) is 11.9 Å². The van der Waals surface area contributed by atoms with E-state index in [2.05, 4.69) is 9.97 Å². The number of hydrogen-bond donors (Lipinski definition) is 2. The molecular weight excluding hydrogens is 460 g/mol. The van der Waals surface area contributed by atoms with Crippen molar-refractivity contribution in [2.24, 2.45) is 0 Å². The number of nitrogen functional groups attached to an aromatic ring is 1. The number of carbonyl (C=O) groups excluding carboxylic acids is 1. The van der Waals surface area contributed by atoms with Crippen molar-refractivity contribution in [3.8, 4) is 0 Å². The maximum absolute atomic E-state index is 13.4. The summed E-state index contributed by atoms with van der Waals surface area (Å²) in [5, 5.41) is 9.20. The van der Waals surface area contributed by atoms with E-state index in [-0.39, 0.29) is 18.0 Å². The Morgan fingerprint density at radius 3 is 2.72 bits per heavy atom. The molecule has 0 spiro atoms. The monoisotopic (exact) mass is 490 g/mol. The van der Waals surface area contributed by atoms with Crippen LogP contribution in [-0.2, 0) is 11.3 Å². The summed E-state index contributed by atoms with van der Waals surface area (Å²) in [6.07, 6.45) is 0.737. The molecule has 10 heteroatoms. The Kier molecular flexibility index (Phi) is 7.65. The second kappa shape index (κ2) is 11.0. The fraction of sp³-hybridized carbons (Fsp3) is 0.308. The minimum Gasteiger partial charge on any atom is -0.465 e. The van der Waals surface area contributed by atoms with Crippen LogP contribution in [0.2, 0.25) is 0 Å². The van der Waals surface area contributed by atoms with Gasteiger partial charge in [-0.2, -0.15) is 4.98 Å². The van der Waals surface area contributed by atoms with Crippen LogP contribution in [0.15, 0.2) is 60.8 Å². The predicted octanol–water partition coefficient (Wildman–Crippen LogP) is 3.41. The predicted molar refractivity (Wildman–Crippen MR) is 137 cm³/mol. The molecule has 10 nitrogen and oxygen atoms in total. The number of ether oxygens (including phenoxy) is 1. The van der Waals surface area contributed by atoms with Gasteiger partial charge in [0.2, 0.25) is 5.95 Å². The number of hydrogen-bond acceptors (Lipinski definition) is 7. The molecule has 1 aliphatic rings. The van der Waals surface area contributed by atoms with Crippen molar-refractivity contribution in [1.82, 2.24) is 14.9 Å². The summed E-state index contributed by atoms with van der Waals surface area (Å²) in [5.74, 6) is 0.460. The molecule has 0 saturated heterocycles. The summed E-state index contributed by atoms with van der Waals surface area (Å²) in [4.78, 5) is 37.7. The zero-order chi connectivity index (χ0) is 25.7. The molecule has 3 N–H and O–H groups in total. The highest BCUT2D eigenvalue weighted by atomic mass is 16.5. The highest BCUT2D eigenvalue weighted by Crippen LogP contribution is 2.28. The van der Waals surface area contributed by atoms with Crippen LogP contribution in [0.1, 0.15) is 34.0 Å². The highest BCUT2D eigenvalue weighted by molar-refractivity contribution is 6.09. The Hall–Kier alpha value is -4.18. The molecular formula is C26H30N6O4. The van der Waals surface area contributed by atoms with Crippen LogP contribution in [0.4, 0.5) is 22.2 Å². The van der Waals surface area contributed by atoms with Gasteiger partial charge in [0.1, 0.15) is 11.4 Å². The normalized spacial score (nSPS) is 14.2. The number of rotatable bonds is 8. The van der Waals surface area contributed by atoms with Gasteiger partial charge >= 0.3 is 6.09 Å². The Labute approximate surface area is 209 Å². The van der Waals surface area contributed by atoms with Gasteiger partial charge in [-0.05, 0) is 29.7 Å². The maximum Gasteiger partial charge on any atom is 0.407 e. The van der Waals surface area contributed by atoms with Gasteiger partial charge in [-0.15, -0.1) is 0 Å². The van der Waals surface area contributed by atoms with E-state index in [0.717, 1.165) is 16.8 Å². The average Bonchev–Trinajstić information content (AvgIpc) is 3.00. The first-order valence-electron chi connectivity index (χ1n) is 11.7. The van der Waals surface area contributed by atoms with Crippen LogP contribution in [0, 0.1) is 0 Å². The molecule has 1 aromatic heterocycles. The number of carbonyl (C=O) groups is 2. The third-order valence-electron chi connectivity index (χ3n) is 6.18. The Bertz CT molecular complexity index is 1220. The first-order valence-corrected chi connectivity index (χ1v) is 11.7. The van der Waals surface area contributed by atoms with Crippen LogP contribution in [0.5, 0.6) is 0 Å². The molecule has 0 bridgehead atoms. The minimum atomic E-state index is -0.975. The van der Waals surface area contributed by atoms with E-state index >= 15 is 0 Å². The molecule has 0 saturated carbocycles. The van der Waals surface area contributed by atoms with Crippen LogP contribution in [-0.4, -0.2) is 65.7 Å². The quantitative estimate of drug-likeness (QED) is 0.492. The van der Waals surface area contributed by atoms with Gasteiger partial charge in [0.25, 0.3) is 5.91 Å². The van der Waals surface area contributed by atoms with Gasteiger partial charge in [0, 0.05) is 45.6 Å². The molecule has 4 rings (SSSR count). The van der Waals surface area contributed by atoms with E-state index in [0.29, 0.717) is 44.0 Å². The topological polar surface area (TPSA) is 125 Å². The molecule has 0 fully saturated rings. The van der Waals surface area contributed by atoms with Crippen molar-refractivity contribution >= 4 is 29.5 Å². The summed E-state index contributed by atoms with van der Waals surface area (Å²) in [5.41, 5.74) is 8.77. The zero-order valence-electron chi connectivity index (χ0n) is 20.4. The van der Waals surface area contributed by atoms with Crippen LogP contribution in [0.3, 0.4) is 0 Å². The molecule has 2 aromatic carbocycles. The van der Waals surface area contributed by atoms with Crippen molar-refractivity contribution in [1.29, 1.82) is 0 Å². The van der Waals surface area contributed by atoms with Crippen molar-refractivity contribution in [2.45, 2.75) is 19.1 Å². The lowest BCUT2D eigenvalue weighted by Crippen LogP contribution is -2.33. The summed E-state index contributed by atoms with van der Waals surface area (Å²) < 4.78 is 6.26.